The topological polar surface area (TPSA) is 91.7 Å². The van der Waals surface area contributed by atoms with Crippen LogP contribution in [0.5, 0.6) is 0 Å². The Bertz CT molecular complexity index is 466. The Kier molecular flexibility index (Phi) is 5.43. The van der Waals surface area contributed by atoms with Crippen molar-refractivity contribution in [1.29, 1.82) is 0 Å². The largest absolute Gasteiger partial charge is 0.433 e. The van der Waals surface area contributed by atoms with Crippen molar-refractivity contribution in [2.24, 2.45) is 10.9 Å². The Hall–Kier alpha value is -1.48. The molecule has 0 unspecified atom stereocenters. The zero-order chi connectivity index (χ0) is 14.5. The maximum Gasteiger partial charge on any atom is 0.433 e. The second kappa shape index (κ2) is 6.62. The van der Waals surface area contributed by atoms with Gasteiger partial charge in [-0.15, -0.1) is 11.8 Å². The number of aliphatic hydroxyl groups is 1. The van der Waals surface area contributed by atoms with E-state index in [4.69, 9.17) is 16.0 Å². The number of hydrogen-bond donors (Lipinski definition) is 3. The minimum absolute atomic E-state index is 0.0126. The lowest BCUT2D eigenvalue weighted by molar-refractivity contribution is -0.141. The van der Waals surface area contributed by atoms with Gasteiger partial charge in [-0.1, -0.05) is 5.16 Å². The molecule has 0 aromatic carbocycles. The van der Waals surface area contributed by atoms with E-state index < -0.39 is 11.9 Å². The van der Waals surface area contributed by atoms with Gasteiger partial charge in [-0.3, -0.25) is 0 Å². The SMILES string of the molecule is NC(=NO)c1ccc(C(F)(F)F)nc1SCCCO. The number of pyridine rings is 1. The summed E-state index contributed by atoms with van der Waals surface area (Å²) in [6.45, 7) is -0.0785. The highest BCUT2D eigenvalue weighted by Gasteiger charge is 2.33. The summed E-state index contributed by atoms with van der Waals surface area (Å²) in [7, 11) is 0. The molecule has 19 heavy (non-hydrogen) atoms. The lowest BCUT2D eigenvalue weighted by Crippen LogP contribution is -2.17. The van der Waals surface area contributed by atoms with Crippen LogP contribution in [0.15, 0.2) is 22.3 Å². The second-order valence-electron chi connectivity index (χ2n) is 3.46. The van der Waals surface area contributed by atoms with Crippen molar-refractivity contribution < 1.29 is 23.5 Å². The van der Waals surface area contributed by atoms with E-state index in [1.807, 2.05) is 0 Å². The van der Waals surface area contributed by atoms with Gasteiger partial charge in [-0.2, -0.15) is 13.2 Å². The van der Waals surface area contributed by atoms with Crippen molar-refractivity contribution in [2.75, 3.05) is 12.4 Å². The molecule has 106 valence electrons. The van der Waals surface area contributed by atoms with Gasteiger partial charge in [0, 0.05) is 12.4 Å². The van der Waals surface area contributed by atoms with Crippen molar-refractivity contribution >= 4 is 17.6 Å². The summed E-state index contributed by atoms with van der Waals surface area (Å²) in [4.78, 5) is 3.47. The molecule has 9 heteroatoms. The van der Waals surface area contributed by atoms with Crippen LogP contribution < -0.4 is 5.73 Å². The molecule has 0 aliphatic carbocycles. The standard InChI is InChI=1S/C10H12F3N3O2S/c11-10(12,13)7-3-2-6(8(14)16-18)9(15-7)19-5-1-4-17/h2-3,17-18H,1,4-5H2,(H2,14,16). The van der Waals surface area contributed by atoms with E-state index in [9.17, 15) is 13.2 Å². The van der Waals surface area contributed by atoms with E-state index in [1.165, 1.54) is 0 Å². The molecule has 1 rings (SSSR count). The summed E-state index contributed by atoms with van der Waals surface area (Å²) < 4.78 is 37.6. The number of aromatic nitrogens is 1. The van der Waals surface area contributed by atoms with Crippen LogP contribution in [0.4, 0.5) is 13.2 Å². The molecule has 0 radical (unpaired) electrons. The molecule has 0 saturated carbocycles. The summed E-state index contributed by atoms with van der Waals surface area (Å²) in [5.74, 6) is 0.0593. The molecule has 1 aromatic heterocycles. The molecule has 0 aliphatic heterocycles. The third-order valence-corrected chi connectivity index (χ3v) is 3.15. The van der Waals surface area contributed by atoms with Crippen molar-refractivity contribution in [3.8, 4) is 0 Å². The molecule has 1 heterocycles. The zero-order valence-electron chi connectivity index (χ0n) is 9.68. The first-order valence-electron chi connectivity index (χ1n) is 5.20. The van der Waals surface area contributed by atoms with E-state index in [2.05, 4.69) is 10.1 Å². The van der Waals surface area contributed by atoms with Crippen molar-refractivity contribution in [1.82, 2.24) is 4.98 Å². The Morgan fingerprint density at radius 2 is 2.11 bits per heavy atom. The number of rotatable bonds is 5. The molecule has 0 bridgehead atoms. The number of amidine groups is 1. The Morgan fingerprint density at radius 3 is 2.63 bits per heavy atom. The Balaban J connectivity index is 3.11. The van der Waals surface area contributed by atoms with Crippen LogP contribution in [0.2, 0.25) is 0 Å². The average molecular weight is 295 g/mol. The van der Waals surface area contributed by atoms with Gasteiger partial charge in [0.2, 0.25) is 0 Å². The first-order chi connectivity index (χ1) is 8.90. The van der Waals surface area contributed by atoms with Crippen molar-refractivity contribution in [2.45, 2.75) is 17.6 Å². The van der Waals surface area contributed by atoms with E-state index >= 15 is 0 Å². The highest BCUT2D eigenvalue weighted by atomic mass is 32.2. The van der Waals surface area contributed by atoms with Gasteiger partial charge in [0.15, 0.2) is 5.84 Å². The molecule has 0 aliphatic rings. The van der Waals surface area contributed by atoms with Gasteiger partial charge in [0.05, 0.1) is 5.56 Å². The van der Waals surface area contributed by atoms with Crippen LogP contribution in [0, 0.1) is 0 Å². The fourth-order valence-corrected chi connectivity index (χ4v) is 2.15. The summed E-state index contributed by atoms with van der Waals surface area (Å²) in [6.07, 6.45) is -4.16. The predicted octanol–water partition coefficient (Wildman–Crippen LogP) is 1.67. The molecule has 0 spiro atoms. The van der Waals surface area contributed by atoms with Gasteiger partial charge < -0.3 is 16.0 Å². The lowest BCUT2D eigenvalue weighted by Gasteiger charge is -2.11. The van der Waals surface area contributed by atoms with E-state index in [-0.39, 0.29) is 23.0 Å². The van der Waals surface area contributed by atoms with Crippen LogP contribution in [0.25, 0.3) is 0 Å². The van der Waals surface area contributed by atoms with Crippen molar-refractivity contribution in [3.05, 3.63) is 23.4 Å². The van der Waals surface area contributed by atoms with Crippen LogP contribution in [0.1, 0.15) is 17.7 Å². The molecular formula is C10H12F3N3O2S. The quantitative estimate of drug-likeness (QED) is 0.192. The van der Waals surface area contributed by atoms with E-state index in [0.29, 0.717) is 12.2 Å². The first kappa shape index (κ1) is 15.6. The second-order valence-corrected chi connectivity index (χ2v) is 4.54. The number of oxime groups is 1. The number of thioether (sulfide) groups is 1. The number of hydrogen-bond acceptors (Lipinski definition) is 5. The van der Waals surface area contributed by atoms with E-state index in [0.717, 1.165) is 23.9 Å². The van der Waals surface area contributed by atoms with Gasteiger partial charge in [0.1, 0.15) is 10.7 Å². The normalized spacial score (nSPS) is 12.7. The molecule has 4 N–H and O–H groups in total. The van der Waals surface area contributed by atoms with E-state index in [1.54, 1.807) is 0 Å². The molecule has 0 saturated heterocycles. The number of nitrogens with two attached hydrogens (primary N) is 1. The number of halogens is 3. The molecule has 1 aromatic rings. The monoisotopic (exact) mass is 295 g/mol. The molecule has 0 amide bonds. The van der Waals surface area contributed by atoms with Gasteiger partial charge >= 0.3 is 6.18 Å². The third kappa shape index (κ3) is 4.28. The van der Waals surface area contributed by atoms with Crippen LogP contribution >= 0.6 is 11.8 Å². The predicted molar refractivity (Wildman–Crippen MR) is 64.2 cm³/mol. The Labute approximate surface area is 111 Å². The summed E-state index contributed by atoms with van der Waals surface area (Å²) in [5, 5.41) is 20.0. The zero-order valence-corrected chi connectivity index (χ0v) is 10.5. The maximum absolute atomic E-state index is 12.5. The fourth-order valence-electron chi connectivity index (χ4n) is 1.19. The highest BCUT2D eigenvalue weighted by molar-refractivity contribution is 7.99. The first-order valence-corrected chi connectivity index (χ1v) is 6.18. The van der Waals surface area contributed by atoms with Crippen LogP contribution in [0.3, 0.4) is 0 Å². The number of alkyl halides is 3. The van der Waals surface area contributed by atoms with Crippen molar-refractivity contribution in [3.63, 3.8) is 0 Å². The minimum atomic E-state index is -4.56. The summed E-state index contributed by atoms with van der Waals surface area (Å²) >= 11 is 1.00. The Morgan fingerprint density at radius 1 is 1.42 bits per heavy atom. The molecule has 0 fully saturated rings. The maximum atomic E-state index is 12.5. The lowest BCUT2D eigenvalue weighted by atomic mass is 10.2. The van der Waals surface area contributed by atoms with Gasteiger partial charge in [-0.05, 0) is 18.6 Å². The molecule has 0 atom stereocenters. The molecule has 5 nitrogen and oxygen atoms in total. The highest BCUT2D eigenvalue weighted by Crippen LogP contribution is 2.31. The minimum Gasteiger partial charge on any atom is -0.409 e. The van der Waals surface area contributed by atoms with Crippen LogP contribution in [-0.2, 0) is 6.18 Å². The summed E-state index contributed by atoms with van der Waals surface area (Å²) in [5.41, 5.74) is 4.45. The smallest absolute Gasteiger partial charge is 0.409 e. The summed E-state index contributed by atoms with van der Waals surface area (Å²) in [6, 6.07) is 1.87. The van der Waals surface area contributed by atoms with Gasteiger partial charge in [0.25, 0.3) is 0 Å². The number of aliphatic hydroxyl groups excluding tert-OH is 1. The number of nitrogens with zero attached hydrogens (tertiary/aromatic N) is 2. The average Bonchev–Trinajstić information content (AvgIpc) is 2.37. The van der Waals surface area contributed by atoms with Gasteiger partial charge in [-0.25, -0.2) is 4.98 Å². The van der Waals surface area contributed by atoms with Crippen LogP contribution in [-0.4, -0.2) is 33.5 Å². The molecular weight excluding hydrogens is 283 g/mol. The fraction of sp³-hybridized carbons (Fsp3) is 0.400. The third-order valence-electron chi connectivity index (χ3n) is 2.08.